The molecule has 1 aliphatic heterocycles. The van der Waals surface area contributed by atoms with Gasteiger partial charge in [0.15, 0.2) is 11.4 Å². The summed E-state index contributed by atoms with van der Waals surface area (Å²) < 4.78 is 1.49. The summed E-state index contributed by atoms with van der Waals surface area (Å²) in [5.74, 6) is -1.18. The lowest BCUT2D eigenvalue weighted by Crippen LogP contribution is -2.49. The van der Waals surface area contributed by atoms with E-state index in [0.29, 0.717) is 6.54 Å². The van der Waals surface area contributed by atoms with Crippen LogP contribution in [-0.4, -0.2) is 43.3 Å². The van der Waals surface area contributed by atoms with Crippen molar-refractivity contribution in [1.29, 1.82) is 0 Å². The molecule has 0 fully saturated rings. The number of pyridine rings is 1. The molecule has 2 atom stereocenters. The van der Waals surface area contributed by atoms with Crippen LogP contribution in [0, 0.1) is 0 Å². The monoisotopic (exact) mass is 390 g/mol. The number of nitrogens with zero attached hydrogens (tertiary/aromatic N) is 4. The van der Waals surface area contributed by atoms with Gasteiger partial charge in [0.05, 0.1) is 23.9 Å². The van der Waals surface area contributed by atoms with E-state index in [9.17, 15) is 14.7 Å². The Morgan fingerprint density at radius 2 is 1.79 bits per heavy atom. The average Bonchev–Trinajstić information content (AvgIpc) is 2.73. The normalized spacial score (nSPS) is 17.3. The second kappa shape index (κ2) is 7.50. The van der Waals surface area contributed by atoms with Crippen molar-refractivity contribution in [2.75, 3.05) is 6.54 Å². The molecule has 3 heterocycles. The van der Waals surface area contributed by atoms with Crippen LogP contribution in [0.1, 0.15) is 47.6 Å². The molecule has 1 amide bonds. The van der Waals surface area contributed by atoms with E-state index in [0.717, 1.165) is 17.5 Å². The summed E-state index contributed by atoms with van der Waals surface area (Å²) in [6.07, 6.45) is 2.79. The Balaban J connectivity index is 1.95. The number of benzene rings is 1. The molecule has 3 aromatic rings. The van der Waals surface area contributed by atoms with Gasteiger partial charge in [0.1, 0.15) is 0 Å². The number of carbonyl (C=O) groups is 1. The predicted octanol–water partition coefficient (Wildman–Crippen LogP) is 2.58. The minimum atomic E-state index is -0.664. The zero-order valence-electron chi connectivity index (χ0n) is 16.3. The third-order valence-corrected chi connectivity index (χ3v) is 5.32. The zero-order valence-corrected chi connectivity index (χ0v) is 16.3. The number of aromatic nitrogens is 3. The lowest BCUT2D eigenvalue weighted by Gasteiger charge is -2.40. The minimum absolute atomic E-state index is 0.0701. The summed E-state index contributed by atoms with van der Waals surface area (Å²) in [6, 6.07) is 15.1. The summed E-state index contributed by atoms with van der Waals surface area (Å²) in [4.78, 5) is 31.3. The predicted molar refractivity (Wildman–Crippen MR) is 108 cm³/mol. The van der Waals surface area contributed by atoms with Gasteiger partial charge in [-0.2, -0.15) is 5.10 Å². The number of amides is 1. The Kier molecular flexibility index (Phi) is 4.88. The van der Waals surface area contributed by atoms with E-state index in [4.69, 9.17) is 0 Å². The van der Waals surface area contributed by atoms with Crippen LogP contribution < -0.4 is 5.43 Å². The molecule has 0 saturated carbocycles. The van der Waals surface area contributed by atoms with Crippen LogP contribution in [0.15, 0.2) is 65.7 Å². The van der Waals surface area contributed by atoms with Crippen LogP contribution in [0.25, 0.3) is 0 Å². The van der Waals surface area contributed by atoms with Gasteiger partial charge in [0.25, 0.3) is 5.91 Å². The highest BCUT2D eigenvalue weighted by atomic mass is 16.3. The molecule has 7 nitrogen and oxygen atoms in total. The van der Waals surface area contributed by atoms with E-state index in [1.807, 2.05) is 62.4 Å². The summed E-state index contributed by atoms with van der Waals surface area (Å²) in [7, 11) is 0. The highest BCUT2D eigenvalue weighted by molar-refractivity contribution is 5.96. The highest BCUT2D eigenvalue weighted by Crippen LogP contribution is 2.38. The number of rotatable bonds is 4. The molecule has 0 saturated heterocycles. The van der Waals surface area contributed by atoms with Gasteiger partial charge in [-0.1, -0.05) is 36.4 Å². The lowest BCUT2D eigenvalue weighted by atomic mass is 9.86. The largest absolute Gasteiger partial charge is 0.502 e. The van der Waals surface area contributed by atoms with Gasteiger partial charge in [0.2, 0.25) is 5.43 Å². The number of fused-ring (bicyclic) bond motifs is 1. The molecule has 0 unspecified atom stereocenters. The fraction of sp³-hybridized carbons (Fsp3) is 0.273. The van der Waals surface area contributed by atoms with E-state index in [-0.39, 0.29) is 23.7 Å². The molecule has 0 aliphatic carbocycles. The van der Waals surface area contributed by atoms with E-state index in [1.165, 1.54) is 4.68 Å². The first-order chi connectivity index (χ1) is 14.0. The van der Waals surface area contributed by atoms with Gasteiger partial charge in [-0.05, 0) is 31.5 Å². The molecule has 0 spiro atoms. The topological polar surface area (TPSA) is 88.3 Å². The number of aromatic hydroxyl groups is 1. The fourth-order valence-corrected chi connectivity index (χ4v) is 3.91. The number of hydrogen-bond acceptors (Lipinski definition) is 5. The van der Waals surface area contributed by atoms with Crippen molar-refractivity contribution in [3.8, 4) is 5.75 Å². The van der Waals surface area contributed by atoms with Gasteiger partial charge in [-0.15, -0.1) is 0 Å². The van der Waals surface area contributed by atoms with Crippen molar-refractivity contribution in [2.24, 2.45) is 0 Å². The Bertz CT molecular complexity index is 1040. The molecule has 4 rings (SSSR count). The van der Waals surface area contributed by atoms with Gasteiger partial charge < -0.3 is 10.0 Å². The van der Waals surface area contributed by atoms with Gasteiger partial charge in [0, 0.05) is 18.8 Å². The Morgan fingerprint density at radius 1 is 1.07 bits per heavy atom. The first kappa shape index (κ1) is 18.9. The second-order valence-electron chi connectivity index (χ2n) is 7.41. The molecule has 7 heteroatoms. The number of hydrogen-bond donors (Lipinski definition) is 1. The molecule has 2 aromatic heterocycles. The second-order valence-corrected chi connectivity index (χ2v) is 7.41. The van der Waals surface area contributed by atoms with Crippen LogP contribution in [0.3, 0.4) is 0 Å². The summed E-state index contributed by atoms with van der Waals surface area (Å²) >= 11 is 0. The maximum absolute atomic E-state index is 13.0. The molecule has 29 heavy (non-hydrogen) atoms. The molecule has 1 aliphatic rings. The average molecular weight is 390 g/mol. The maximum atomic E-state index is 13.0. The first-order valence-electron chi connectivity index (χ1n) is 9.56. The van der Waals surface area contributed by atoms with Crippen LogP contribution in [-0.2, 0) is 0 Å². The van der Waals surface area contributed by atoms with Crippen LogP contribution in [0.2, 0.25) is 0 Å². The summed E-state index contributed by atoms with van der Waals surface area (Å²) in [5.41, 5.74) is 1.11. The van der Waals surface area contributed by atoms with Crippen molar-refractivity contribution in [2.45, 2.75) is 31.8 Å². The van der Waals surface area contributed by atoms with Crippen molar-refractivity contribution in [3.63, 3.8) is 0 Å². The summed E-state index contributed by atoms with van der Waals surface area (Å²) in [5, 5.41) is 14.7. The third-order valence-electron chi connectivity index (χ3n) is 5.32. The van der Waals surface area contributed by atoms with Gasteiger partial charge in [-0.3, -0.25) is 19.3 Å². The lowest BCUT2D eigenvalue weighted by molar-refractivity contribution is 0.0569. The third kappa shape index (κ3) is 3.29. The standard InChI is InChI=1S/C22H22N4O3/c1-14(2)25-13-17(26-20(22(25)29)21(28)18(27)12-24-26)19(15-8-4-3-5-9-15)16-10-6-7-11-23-16/h3-12,14,17,19,28H,13H2,1-2H3/t17-,19+/m0/s1. The van der Waals surface area contributed by atoms with E-state index in [1.54, 1.807) is 11.1 Å². The van der Waals surface area contributed by atoms with Crippen molar-refractivity contribution in [3.05, 3.63) is 88.1 Å². The van der Waals surface area contributed by atoms with Crippen molar-refractivity contribution >= 4 is 5.91 Å². The van der Waals surface area contributed by atoms with Crippen LogP contribution in [0.4, 0.5) is 0 Å². The van der Waals surface area contributed by atoms with Crippen LogP contribution >= 0.6 is 0 Å². The zero-order chi connectivity index (χ0) is 20.5. The van der Waals surface area contributed by atoms with Crippen LogP contribution in [0.5, 0.6) is 5.75 Å². The van der Waals surface area contributed by atoms with E-state index < -0.39 is 17.1 Å². The Labute approximate surface area is 168 Å². The molecule has 0 bridgehead atoms. The maximum Gasteiger partial charge on any atom is 0.276 e. The van der Waals surface area contributed by atoms with Crippen molar-refractivity contribution in [1.82, 2.24) is 19.7 Å². The molecule has 1 aromatic carbocycles. The molecule has 148 valence electrons. The molecular formula is C22H22N4O3. The number of carbonyl (C=O) groups excluding carboxylic acids is 1. The molecular weight excluding hydrogens is 368 g/mol. The SMILES string of the molecule is CC(C)N1C[C@@H]([C@H](c2ccccc2)c2ccccn2)n2ncc(=O)c(O)c2C1=O. The highest BCUT2D eigenvalue weighted by Gasteiger charge is 2.40. The van der Waals surface area contributed by atoms with E-state index in [2.05, 4.69) is 10.1 Å². The molecule has 1 N–H and O–H groups in total. The molecule has 0 radical (unpaired) electrons. The van der Waals surface area contributed by atoms with E-state index >= 15 is 0 Å². The minimum Gasteiger partial charge on any atom is -0.502 e. The smallest absolute Gasteiger partial charge is 0.276 e. The summed E-state index contributed by atoms with van der Waals surface area (Å²) in [6.45, 7) is 4.21. The fourth-order valence-electron chi connectivity index (χ4n) is 3.91. The Hall–Kier alpha value is -3.48. The van der Waals surface area contributed by atoms with Gasteiger partial charge >= 0.3 is 0 Å². The first-order valence-corrected chi connectivity index (χ1v) is 9.56. The van der Waals surface area contributed by atoms with Crippen molar-refractivity contribution < 1.29 is 9.90 Å². The van der Waals surface area contributed by atoms with Gasteiger partial charge in [-0.25, -0.2) is 0 Å². The Morgan fingerprint density at radius 3 is 2.45 bits per heavy atom. The quantitative estimate of drug-likeness (QED) is 0.740.